The number of carbonyl (C=O) groups is 1. The highest BCUT2D eigenvalue weighted by Crippen LogP contribution is 2.27. The van der Waals surface area contributed by atoms with Gasteiger partial charge in [0.05, 0.1) is 5.02 Å². The quantitative estimate of drug-likeness (QED) is 0.718. The Labute approximate surface area is 86.1 Å². The first kappa shape index (κ1) is 9.46. The highest BCUT2D eigenvalue weighted by molar-refractivity contribution is 6.31. The number of hydrogen-bond donors (Lipinski definition) is 1. The minimum Gasteiger partial charge on any atom is -0.384 e. The van der Waals surface area contributed by atoms with Gasteiger partial charge >= 0.3 is 0 Å². The first-order chi connectivity index (χ1) is 6.68. The topological polar surface area (TPSA) is 29.1 Å². The average molecular weight is 214 g/mol. The number of nitrogens with one attached hydrogen (secondary N) is 1. The smallest absolute Gasteiger partial charge is 0.165 e. The minimum atomic E-state index is -0.493. The second-order valence-electron chi connectivity index (χ2n) is 3.27. The molecule has 0 radical (unpaired) electrons. The summed E-state index contributed by atoms with van der Waals surface area (Å²) < 4.78 is 13.1. The lowest BCUT2D eigenvalue weighted by Crippen LogP contribution is -2.01. The Bertz CT molecular complexity index is 392. The Morgan fingerprint density at radius 2 is 2.21 bits per heavy atom. The molecule has 0 saturated heterocycles. The zero-order valence-corrected chi connectivity index (χ0v) is 8.20. The lowest BCUT2D eigenvalue weighted by molar-refractivity contribution is 0.0984. The highest BCUT2D eigenvalue weighted by atomic mass is 35.5. The number of fused-ring (bicyclic) bond motifs is 1. The molecule has 0 spiro atoms. The van der Waals surface area contributed by atoms with E-state index in [0.717, 1.165) is 6.42 Å². The molecule has 1 aromatic rings. The molecule has 1 heterocycles. The summed E-state index contributed by atoms with van der Waals surface area (Å²) in [5.41, 5.74) is 1.04. The Morgan fingerprint density at radius 1 is 1.43 bits per heavy atom. The highest BCUT2D eigenvalue weighted by Gasteiger charge is 2.17. The molecule has 0 aromatic heterocycles. The van der Waals surface area contributed by atoms with Crippen molar-refractivity contribution in [2.24, 2.45) is 0 Å². The molecular weight excluding hydrogens is 205 g/mol. The summed E-state index contributed by atoms with van der Waals surface area (Å²) in [5, 5.41) is 3.00. The van der Waals surface area contributed by atoms with Gasteiger partial charge in [-0.3, -0.25) is 4.79 Å². The molecule has 0 fully saturated rings. The van der Waals surface area contributed by atoms with E-state index < -0.39 is 5.82 Å². The number of hydrogen-bond acceptors (Lipinski definition) is 2. The van der Waals surface area contributed by atoms with Crippen LogP contribution in [0, 0.1) is 5.82 Å². The van der Waals surface area contributed by atoms with Crippen molar-refractivity contribution in [1.29, 1.82) is 0 Å². The van der Waals surface area contributed by atoms with Crippen molar-refractivity contribution < 1.29 is 9.18 Å². The molecule has 0 aliphatic carbocycles. The molecule has 14 heavy (non-hydrogen) atoms. The van der Waals surface area contributed by atoms with E-state index in [1.165, 1.54) is 12.1 Å². The average Bonchev–Trinajstić information content (AvgIpc) is 2.31. The molecule has 1 aliphatic heterocycles. The van der Waals surface area contributed by atoms with Gasteiger partial charge in [-0.25, -0.2) is 4.39 Å². The predicted molar refractivity (Wildman–Crippen MR) is 53.5 cm³/mol. The van der Waals surface area contributed by atoms with Crippen molar-refractivity contribution >= 4 is 23.1 Å². The Hall–Kier alpha value is -1.09. The van der Waals surface area contributed by atoms with Crippen LogP contribution < -0.4 is 5.32 Å². The third kappa shape index (κ3) is 1.60. The normalized spacial score (nSPS) is 15.7. The fourth-order valence-electron chi connectivity index (χ4n) is 1.53. The van der Waals surface area contributed by atoms with Crippen LogP contribution in [0.4, 0.5) is 10.1 Å². The van der Waals surface area contributed by atoms with E-state index in [2.05, 4.69) is 5.32 Å². The van der Waals surface area contributed by atoms with Crippen LogP contribution in [0.5, 0.6) is 0 Å². The minimum absolute atomic E-state index is 0.000741. The molecule has 0 saturated carbocycles. The van der Waals surface area contributed by atoms with Crippen molar-refractivity contribution in [2.45, 2.75) is 12.8 Å². The molecule has 4 heteroatoms. The van der Waals surface area contributed by atoms with Crippen LogP contribution in [0.25, 0.3) is 0 Å². The van der Waals surface area contributed by atoms with Crippen molar-refractivity contribution in [1.82, 2.24) is 0 Å². The molecule has 0 bridgehead atoms. The second-order valence-corrected chi connectivity index (χ2v) is 3.67. The Balaban J connectivity index is 2.54. The van der Waals surface area contributed by atoms with Crippen LogP contribution in [0.3, 0.4) is 0 Å². The van der Waals surface area contributed by atoms with E-state index in [0.29, 0.717) is 24.2 Å². The molecule has 0 amide bonds. The number of Topliss-reactive ketones (excluding diaryl/α,β-unsaturated/α-hetero) is 1. The molecule has 0 atom stereocenters. The largest absolute Gasteiger partial charge is 0.384 e. The third-order valence-corrected chi connectivity index (χ3v) is 2.55. The summed E-state index contributed by atoms with van der Waals surface area (Å²) in [6, 6.07) is 2.67. The molecule has 1 aliphatic rings. The fourth-order valence-corrected chi connectivity index (χ4v) is 1.69. The standard InChI is InChI=1S/C10H9ClFNO/c11-7-4-6-9(5-8(7)12)13-3-1-2-10(6)14/h4-5,13H,1-3H2. The summed E-state index contributed by atoms with van der Waals surface area (Å²) in [6.45, 7) is 0.694. The van der Waals surface area contributed by atoms with Crippen molar-refractivity contribution in [3.05, 3.63) is 28.5 Å². The second kappa shape index (κ2) is 3.58. The number of anilines is 1. The maximum absolute atomic E-state index is 13.1. The number of rotatable bonds is 0. The molecule has 2 nitrogen and oxygen atoms in total. The molecule has 1 N–H and O–H groups in total. The van der Waals surface area contributed by atoms with E-state index in [9.17, 15) is 9.18 Å². The third-order valence-electron chi connectivity index (χ3n) is 2.26. The lowest BCUT2D eigenvalue weighted by Gasteiger charge is -2.07. The Morgan fingerprint density at radius 3 is 3.00 bits per heavy atom. The summed E-state index contributed by atoms with van der Waals surface area (Å²) in [4.78, 5) is 11.5. The summed E-state index contributed by atoms with van der Waals surface area (Å²) in [6.07, 6.45) is 1.26. The SMILES string of the molecule is O=C1CCCNc2cc(F)c(Cl)cc21. The lowest BCUT2D eigenvalue weighted by atomic mass is 10.1. The van der Waals surface area contributed by atoms with Gasteiger partial charge in [-0.1, -0.05) is 11.6 Å². The molecule has 74 valence electrons. The van der Waals surface area contributed by atoms with Gasteiger partial charge in [-0.05, 0) is 18.6 Å². The van der Waals surface area contributed by atoms with Crippen molar-refractivity contribution in [3.63, 3.8) is 0 Å². The van der Waals surface area contributed by atoms with Crippen LogP contribution in [0.1, 0.15) is 23.2 Å². The number of carbonyl (C=O) groups excluding carboxylic acids is 1. The number of ketones is 1. The maximum atomic E-state index is 13.1. The van der Waals surface area contributed by atoms with Crippen LogP contribution in [0.15, 0.2) is 12.1 Å². The van der Waals surface area contributed by atoms with Gasteiger partial charge in [-0.15, -0.1) is 0 Å². The van der Waals surface area contributed by atoms with E-state index in [4.69, 9.17) is 11.6 Å². The van der Waals surface area contributed by atoms with Gasteiger partial charge < -0.3 is 5.32 Å². The molecular formula is C10H9ClFNO. The van der Waals surface area contributed by atoms with Gasteiger partial charge in [0.1, 0.15) is 5.82 Å². The summed E-state index contributed by atoms with van der Waals surface area (Å²) in [5.74, 6) is -0.473. The van der Waals surface area contributed by atoms with Gasteiger partial charge in [0, 0.05) is 24.2 Å². The van der Waals surface area contributed by atoms with Crippen molar-refractivity contribution in [3.8, 4) is 0 Å². The number of halogens is 2. The first-order valence-corrected chi connectivity index (χ1v) is 4.82. The van der Waals surface area contributed by atoms with Gasteiger partial charge in [0.15, 0.2) is 5.78 Å². The zero-order chi connectivity index (χ0) is 10.1. The monoisotopic (exact) mass is 213 g/mol. The van der Waals surface area contributed by atoms with Crippen molar-refractivity contribution in [2.75, 3.05) is 11.9 Å². The zero-order valence-electron chi connectivity index (χ0n) is 7.44. The van der Waals surface area contributed by atoms with Crippen LogP contribution >= 0.6 is 11.6 Å². The van der Waals surface area contributed by atoms with Crippen LogP contribution in [0.2, 0.25) is 5.02 Å². The van der Waals surface area contributed by atoms with Gasteiger partial charge in [0.2, 0.25) is 0 Å². The Kier molecular flexibility index (Phi) is 2.42. The van der Waals surface area contributed by atoms with E-state index >= 15 is 0 Å². The van der Waals surface area contributed by atoms with E-state index in [-0.39, 0.29) is 10.8 Å². The summed E-state index contributed by atoms with van der Waals surface area (Å²) >= 11 is 5.61. The number of benzene rings is 1. The van der Waals surface area contributed by atoms with Crippen LogP contribution in [-0.2, 0) is 0 Å². The van der Waals surface area contributed by atoms with Crippen LogP contribution in [-0.4, -0.2) is 12.3 Å². The maximum Gasteiger partial charge on any atom is 0.165 e. The molecule has 0 unspecified atom stereocenters. The predicted octanol–water partition coefficient (Wildman–Crippen LogP) is 2.87. The molecule has 2 rings (SSSR count). The fraction of sp³-hybridized carbons (Fsp3) is 0.300. The van der Waals surface area contributed by atoms with Gasteiger partial charge in [0.25, 0.3) is 0 Å². The van der Waals surface area contributed by atoms with E-state index in [1.54, 1.807) is 0 Å². The molecule has 1 aromatic carbocycles. The van der Waals surface area contributed by atoms with E-state index in [1.807, 2.05) is 0 Å². The van der Waals surface area contributed by atoms with Gasteiger partial charge in [-0.2, -0.15) is 0 Å². The first-order valence-electron chi connectivity index (χ1n) is 4.44. The summed E-state index contributed by atoms with van der Waals surface area (Å²) in [7, 11) is 0.